The Labute approximate surface area is 131 Å². The monoisotopic (exact) mass is 304 g/mol. The van der Waals surface area contributed by atoms with Crippen molar-refractivity contribution in [3.05, 3.63) is 58.9 Å². The lowest BCUT2D eigenvalue weighted by Crippen LogP contribution is -2.20. The second-order valence-corrected chi connectivity index (χ2v) is 5.40. The van der Waals surface area contributed by atoms with Crippen LogP contribution in [0.5, 0.6) is 5.75 Å². The van der Waals surface area contributed by atoms with Gasteiger partial charge in [0.1, 0.15) is 12.4 Å². The third kappa shape index (κ3) is 4.73. The summed E-state index contributed by atoms with van der Waals surface area (Å²) < 4.78 is 5.92. The molecule has 0 saturated carbocycles. The van der Waals surface area contributed by atoms with E-state index in [0.29, 0.717) is 6.61 Å². The lowest BCUT2D eigenvalue weighted by molar-refractivity contribution is 0.295. The number of halogens is 1. The fourth-order valence-electron chi connectivity index (χ4n) is 2.10. The zero-order valence-electron chi connectivity index (χ0n) is 12.5. The van der Waals surface area contributed by atoms with Crippen molar-refractivity contribution in [1.82, 2.24) is 10.3 Å². The minimum atomic E-state index is 0.197. The van der Waals surface area contributed by atoms with Gasteiger partial charge in [-0.25, -0.2) is 0 Å². The minimum Gasteiger partial charge on any atom is -0.487 e. The van der Waals surface area contributed by atoms with Crippen LogP contribution in [0.25, 0.3) is 0 Å². The summed E-state index contributed by atoms with van der Waals surface area (Å²) in [5.74, 6) is 0.848. The highest BCUT2D eigenvalue weighted by molar-refractivity contribution is 6.30. The van der Waals surface area contributed by atoms with Crippen LogP contribution >= 0.6 is 11.6 Å². The molecule has 0 aliphatic carbocycles. The second kappa shape index (κ2) is 8.01. The summed E-state index contributed by atoms with van der Waals surface area (Å²) in [4.78, 5) is 4.27. The van der Waals surface area contributed by atoms with Gasteiger partial charge in [-0.15, -0.1) is 0 Å². The lowest BCUT2D eigenvalue weighted by atomic mass is 10.1. The summed E-state index contributed by atoms with van der Waals surface area (Å²) in [6.07, 6.45) is 2.86. The molecule has 2 aromatic rings. The molecule has 1 N–H and O–H groups in total. The highest BCUT2D eigenvalue weighted by atomic mass is 35.5. The summed E-state index contributed by atoms with van der Waals surface area (Å²) in [6, 6.07) is 11.7. The van der Waals surface area contributed by atoms with E-state index in [-0.39, 0.29) is 6.04 Å². The van der Waals surface area contributed by atoms with Crippen molar-refractivity contribution in [1.29, 1.82) is 0 Å². The van der Waals surface area contributed by atoms with Crippen LogP contribution in [0.2, 0.25) is 5.02 Å². The first-order valence-corrected chi connectivity index (χ1v) is 7.64. The lowest BCUT2D eigenvalue weighted by Gasteiger charge is -2.18. The van der Waals surface area contributed by atoms with E-state index in [1.54, 1.807) is 6.20 Å². The highest BCUT2D eigenvalue weighted by Crippen LogP contribution is 2.29. The van der Waals surface area contributed by atoms with Gasteiger partial charge >= 0.3 is 0 Å². The van der Waals surface area contributed by atoms with Crippen LogP contribution in [0.15, 0.2) is 42.6 Å². The van der Waals surface area contributed by atoms with Crippen molar-refractivity contribution in [2.75, 3.05) is 6.54 Å². The molecule has 0 aliphatic rings. The van der Waals surface area contributed by atoms with Crippen LogP contribution in [0.3, 0.4) is 0 Å². The van der Waals surface area contributed by atoms with Crippen molar-refractivity contribution in [3.63, 3.8) is 0 Å². The van der Waals surface area contributed by atoms with E-state index in [1.807, 2.05) is 36.4 Å². The van der Waals surface area contributed by atoms with E-state index in [9.17, 15) is 0 Å². The van der Waals surface area contributed by atoms with Gasteiger partial charge in [0.05, 0.1) is 5.69 Å². The first kappa shape index (κ1) is 15.8. The topological polar surface area (TPSA) is 34.1 Å². The number of ether oxygens (including phenoxy) is 1. The van der Waals surface area contributed by atoms with Gasteiger partial charge in [-0.2, -0.15) is 0 Å². The zero-order chi connectivity index (χ0) is 15.1. The van der Waals surface area contributed by atoms with E-state index >= 15 is 0 Å². The molecular formula is C17H21ClN2O. The maximum absolute atomic E-state index is 6.12. The molecule has 0 spiro atoms. The summed E-state index contributed by atoms with van der Waals surface area (Å²) in [5.41, 5.74) is 1.99. The minimum absolute atomic E-state index is 0.197. The molecule has 1 heterocycles. The zero-order valence-corrected chi connectivity index (χ0v) is 13.2. The smallest absolute Gasteiger partial charge is 0.130 e. The van der Waals surface area contributed by atoms with Crippen LogP contribution in [-0.2, 0) is 6.61 Å². The maximum atomic E-state index is 6.12. The number of pyridine rings is 1. The highest BCUT2D eigenvalue weighted by Gasteiger charge is 2.12. The van der Waals surface area contributed by atoms with Gasteiger partial charge in [0, 0.05) is 22.8 Å². The molecule has 1 atom stereocenters. The van der Waals surface area contributed by atoms with E-state index in [2.05, 4.69) is 24.1 Å². The summed E-state index contributed by atoms with van der Waals surface area (Å²) >= 11 is 6.12. The van der Waals surface area contributed by atoms with Gasteiger partial charge in [0.15, 0.2) is 0 Å². The predicted octanol–water partition coefficient (Wildman–Crippen LogP) is 4.37. The molecule has 1 unspecified atom stereocenters. The molecule has 3 nitrogen and oxygen atoms in total. The van der Waals surface area contributed by atoms with Crippen molar-refractivity contribution < 1.29 is 4.74 Å². The fraction of sp³-hybridized carbons (Fsp3) is 0.353. The summed E-state index contributed by atoms with van der Waals surface area (Å²) in [6.45, 7) is 5.69. The number of rotatable bonds is 7. The average molecular weight is 305 g/mol. The molecule has 2 rings (SSSR count). The number of hydrogen-bond acceptors (Lipinski definition) is 3. The molecule has 0 aliphatic heterocycles. The van der Waals surface area contributed by atoms with Gasteiger partial charge in [-0.1, -0.05) is 24.6 Å². The van der Waals surface area contributed by atoms with Crippen molar-refractivity contribution in [2.45, 2.75) is 32.9 Å². The molecule has 4 heteroatoms. The molecule has 0 fully saturated rings. The van der Waals surface area contributed by atoms with E-state index < -0.39 is 0 Å². The Morgan fingerprint density at radius 2 is 2.14 bits per heavy atom. The Morgan fingerprint density at radius 3 is 2.86 bits per heavy atom. The third-order valence-electron chi connectivity index (χ3n) is 3.24. The normalized spacial score (nSPS) is 12.1. The number of nitrogens with zero attached hydrogens (tertiary/aromatic N) is 1. The molecular weight excluding hydrogens is 284 g/mol. The largest absolute Gasteiger partial charge is 0.487 e. The number of aromatic nitrogens is 1. The summed E-state index contributed by atoms with van der Waals surface area (Å²) in [7, 11) is 0. The molecule has 0 radical (unpaired) electrons. The molecule has 21 heavy (non-hydrogen) atoms. The van der Waals surface area contributed by atoms with Gasteiger partial charge in [-0.3, -0.25) is 4.98 Å². The quantitative estimate of drug-likeness (QED) is 0.824. The van der Waals surface area contributed by atoms with Crippen molar-refractivity contribution >= 4 is 11.6 Å². The van der Waals surface area contributed by atoms with Crippen molar-refractivity contribution in [2.24, 2.45) is 0 Å². The predicted molar refractivity (Wildman–Crippen MR) is 86.7 cm³/mol. The molecule has 1 aromatic heterocycles. The molecule has 0 bridgehead atoms. The van der Waals surface area contributed by atoms with Crippen LogP contribution in [0, 0.1) is 0 Å². The van der Waals surface area contributed by atoms with Crippen molar-refractivity contribution in [3.8, 4) is 5.75 Å². The first-order valence-electron chi connectivity index (χ1n) is 7.26. The second-order valence-electron chi connectivity index (χ2n) is 4.97. The Kier molecular flexibility index (Phi) is 6.03. The van der Waals surface area contributed by atoms with Crippen LogP contribution in [-0.4, -0.2) is 11.5 Å². The number of nitrogens with one attached hydrogen (secondary N) is 1. The van der Waals surface area contributed by atoms with E-state index in [1.165, 1.54) is 0 Å². The summed E-state index contributed by atoms with van der Waals surface area (Å²) in [5, 5.41) is 4.18. The van der Waals surface area contributed by atoms with Crippen LogP contribution < -0.4 is 10.1 Å². The molecule has 0 amide bonds. The van der Waals surface area contributed by atoms with Gasteiger partial charge in [0.2, 0.25) is 0 Å². The van der Waals surface area contributed by atoms with Gasteiger partial charge in [-0.05, 0) is 50.2 Å². The van der Waals surface area contributed by atoms with Crippen LogP contribution in [0.4, 0.5) is 0 Å². The molecule has 0 saturated heterocycles. The Bertz CT molecular complexity index is 560. The number of benzene rings is 1. The fourth-order valence-corrected chi connectivity index (χ4v) is 2.28. The number of hydrogen-bond donors (Lipinski definition) is 1. The van der Waals surface area contributed by atoms with Gasteiger partial charge in [0.25, 0.3) is 0 Å². The van der Waals surface area contributed by atoms with Crippen LogP contribution in [0.1, 0.15) is 37.6 Å². The Balaban J connectivity index is 2.11. The maximum Gasteiger partial charge on any atom is 0.130 e. The van der Waals surface area contributed by atoms with Gasteiger partial charge < -0.3 is 10.1 Å². The van der Waals surface area contributed by atoms with E-state index in [0.717, 1.165) is 35.0 Å². The Hall–Kier alpha value is -1.58. The average Bonchev–Trinajstić information content (AvgIpc) is 2.52. The molecule has 1 aromatic carbocycles. The molecule has 112 valence electrons. The SMILES string of the molecule is CCCNC(C)c1cc(Cl)ccc1OCc1ccccn1. The Morgan fingerprint density at radius 1 is 1.29 bits per heavy atom. The third-order valence-corrected chi connectivity index (χ3v) is 3.48. The first-order chi connectivity index (χ1) is 10.2. The van der Waals surface area contributed by atoms with E-state index in [4.69, 9.17) is 16.3 Å². The standard InChI is InChI=1S/C17H21ClN2O/c1-3-9-19-13(2)16-11-14(18)7-8-17(16)21-12-15-6-4-5-10-20-15/h4-8,10-11,13,19H,3,9,12H2,1-2H3.